The zero-order valence-corrected chi connectivity index (χ0v) is 12.8. The van der Waals surface area contributed by atoms with Gasteiger partial charge in [0.15, 0.2) is 0 Å². The molecule has 1 aromatic rings. The number of nitrogens with one attached hydrogen (secondary N) is 1. The second-order valence-electron chi connectivity index (χ2n) is 5.10. The second-order valence-corrected chi connectivity index (χ2v) is 6.16. The Hall–Kier alpha value is -0.680. The quantitative estimate of drug-likeness (QED) is 0.819. The monoisotopic (exact) mass is 289 g/mol. The van der Waals surface area contributed by atoms with Crippen molar-refractivity contribution in [1.82, 2.24) is 14.9 Å². The van der Waals surface area contributed by atoms with Crippen molar-refractivity contribution < 1.29 is 4.79 Å². The van der Waals surface area contributed by atoms with E-state index in [1.165, 1.54) is 0 Å². The largest absolute Gasteiger partial charge is 0.347 e. The van der Waals surface area contributed by atoms with Crippen LogP contribution in [0.15, 0.2) is 0 Å². The van der Waals surface area contributed by atoms with Gasteiger partial charge in [0.05, 0.1) is 5.69 Å². The smallest absolute Gasteiger partial charge is 0.265 e. The summed E-state index contributed by atoms with van der Waals surface area (Å²) in [5, 5.41) is 6.96. The Balaban J connectivity index is 2.72. The van der Waals surface area contributed by atoms with E-state index < -0.39 is 0 Å². The van der Waals surface area contributed by atoms with Gasteiger partial charge in [-0.2, -0.15) is 0 Å². The molecule has 0 fully saturated rings. The zero-order valence-electron chi connectivity index (χ0n) is 11.2. The third kappa shape index (κ3) is 4.21. The number of aromatic nitrogens is 2. The fraction of sp³-hybridized carbons (Fsp3) is 0.750. The normalized spacial score (nSPS) is 13.1. The van der Waals surface area contributed by atoms with Gasteiger partial charge < -0.3 is 5.32 Å². The highest BCUT2D eigenvalue weighted by Crippen LogP contribution is 2.20. The van der Waals surface area contributed by atoms with Crippen molar-refractivity contribution in [3.8, 4) is 0 Å². The fourth-order valence-electron chi connectivity index (χ4n) is 1.71. The topological polar surface area (TPSA) is 54.9 Å². The molecule has 1 aromatic heterocycles. The summed E-state index contributed by atoms with van der Waals surface area (Å²) >= 11 is 7.02. The molecule has 1 amide bonds. The highest BCUT2D eigenvalue weighted by atomic mass is 35.5. The molecule has 0 aromatic carbocycles. The number of rotatable bonds is 6. The molecule has 0 spiro atoms. The van der Waals surface area contributed by atoms with Crippen LogP contribution in [0, 0.1) is 5.92 Å². The standard InChI is InChI=1S/C12H20ClN3OS/c1-7(2)5-9(6-13)14-12(17)11-10(8(3)4)15-16-18-11/h7-9H,5-6H2,1-4H3,(H,14,17). The number of nitrogens with zero attached hydrogens (tertiary/aromatic N) is 2. The predicted molar refractivity (Wildman–Crippen MR) is 75.4 cm³/mol. The first-order valence-electron chi connectivity index (χ1n) is 6.14. The molecule has 0 saturated heterocycles. The van der Waals surface area contributed by atoms with Crippen molar-refractivity contribution >= 4 is 29.0 Å². The lowest BCUT2D eigenvalue weighted by atomic mass is 10.0. The molecule has 1 unspecified atom stereocenters. The average molecular weight is 290 g/mol. The molecule has 102 valence electrons. The van der Waals surface area contributed by atoms with E-state index in [0.717, 1.165) is 23.6 Å². The molecule has 0 aliphatic heterocycles. The van der Waals surface area contributed by atoms with E-state index in [0.29, 0.717) is 16.7 Å². The Bertz CT molecular complexity index is 392. The molecule has 18 heavy (non-hydrogen) atoms. The van der Waals surface area contributed by atoms with E-state index in [4.69, 9.17) is 11.6 Å². The van der Waals surface area contributed by atoms with Gasteiger partial charge >= 0.3 is 0 Å². The van der Waals surface area contributed by atoms with Crippen molar-refractivity contribution in [2.75, 3.05) is 5.88 Å². The first-order chi connectivity index (χ1) is 8.45. The van der Waals surface area contributed by atoms with Crippen molar-refractivity contribution in [3.05, 3.63) is 10.6 Å². The number of carbonyl (C=O) groups is 1. The molecule has 0 aliphatic rings. The maximum Gasteiger partial charge on any atom is 0.265 e. The lowest BCUT2D eigenvalue weighted by Gasteiger charge is -2.17. The SMILES string of the molecule is CC(C)CC(CCl)NC(=O)c1snnc1C(C)C. The van der Waals surface area contributed by atoms with Crippen LogP contribution in [-0.4, -0.2) is 27.4 Å². The van der Waals surface area contributed by atoms with Gasteiger partial charge in [-0.05, 0) is 29.8 Å². The van der Waals surface area contributed by atoms with E-state index in [1.54, 1.807) is 0 Å². The van der Waals surface area contributed by atoms with Crippen LogP contribution in [0.4, 0.5) is 0 Å². The van der Waals surface area contributed by atoms with Gasteiger partial charge in [0.25, 0.3) is 5.91 Å². The molecule has 6 heteroatoms. The Labute approximate surface area is 117 Å². The van der Waals surface area contributed by atoms with Crippen LogP contribution in [0.2, 0.25) is 0 Å². The number of hydrogen-bond donors (Lipinski definition) is 1. The number of hydrogen-bond acceptors (Lipinski definition) is 4. The van der Waals surface area contributed by atoms with Crippen LogP contribution in [-0.2, 0) is 0 Å². The number of amides is 1. The van der Waals surface area contributed by atoms with E-state index in [-0.39, 0.29) is 17.9 Å². The molecule has 0 bridgehead atoms. The summed E-state index contributed by atoms with van der Waals surface area (Å²) in [4.78, 5) is 12.7. The number of alkyl halides is 1. The minimum absolute atomic E-state index is 0.00118. The van der Waals surface area contributed by atoms with E-state index >= 15 is 0 Å². The Morgan fingerprint density at radius 2 is 2.06 bits per heavy atom. The van der Waals surface area contributed by atoms with Crippen molar-refractivity contribution in [3.63, 3.8) is 0 Å². The van der Waals surface area contributed by atoms with Gasteiger partial charge in [0.2, 0.25) is 0 Å². The summed E-state index contributed by atoms with van der Waals surface area (Å²) in [5.74, 6) is 1.01. The third-order valence-electron chi connectivity index (χ3n) is 2.54. The number of halogens is 1. The Kier molecular flexibility index (Phi) is 6.02. The molecule has 1 heterocycles. The molecule has 4 nitrogen and oxygen atoms in total. The third-order valence-corrected chi connectivity index (χ3v) is 3.66. The van der Waals surface area contributed by atoms with Gasteiger partial charge in [-0.15, -0.1) is 16.7 Å². The zero-order chi connectivity index (χ0) is 13.7. The maximum atomic E-state index is 12.1. The van der Waals surface area contributed by atoms with Crippen molar-refractivity contribution in [2.24, 2.45) is 5.92 Å². The summed E-state index contributed by atoms with van der Waals surface area (Å²) in [6.45, 7) is 8.22. The summed E-state index contributed by atoms with van der Waals surface area (Å²) in [6.07, 6.45) is 0.873. The summed E-state index contributed by atoms with van der Waals surface area (Å²) in [6, 6.07) is 0.00118. The van der Waals surface area contributed by atoms with Crippen LogP contribution in [0.3, 0.4) is 0 Å². The molecule has 1 atom stereocenters. The van der Waals surface area contributed by atoms with Gasteiger partial charge in [0, 0.05) is 11.9 Å². The summed E-state index contributed by atoms with van der Waals surface area (Å²) in [7, 11) is 0. The van der Waals surface area contributed by atoms with Crippen LogP contribution in [0.25, 0.3) is 0 Å². The molecule has 0 saturated carbocycles. The molecule has 0 aliphatic carbocycles. The van der Waals surface area contributed by atoms with Gasteiger partial charge in [0.1, 0.15) is 4.88 Å². The summed E-state index contributed by atoms with van der Waals surface area (Å²) in [5.41, 5.74) is 0.760. The minimum atomic E-state index is -0.111. The first-order valence-corrected chi connectivity index (χ1v) is 7.45. The van der Waals surface area contributed by atoms with Crippen molar-refractivity contribution in [1.29, 1.82) is 0 Å². The highest BCUT2D eigenvalue weighted by molar-refractivity contribution is 7.08. The van der Waals surface area contributed by atoms with E-state index in [9.17, 15) is 4.79 Å². The molecule has 1 N–H and O–H groups in total. The average Bonchev–Trinajstić information content (AvgIpc) is 2.76. The van der Waals surface area contributed by atoms with Crippen molar-refractivity contribution in [2.45, 2.75) is 46.1 Å². The molecular formula is C12H20ClN3OS. The van der Waals surface area contributed by atoms with Crippen LogP contribution >= 0.6 is 23.1 Å². The maximum absolute atomic E-state index is 12.1. The molecule has 0 radical (unpaired) electrons. The Morgan fingerprint density at radius 1 is 1.39 bits per heavy atom. The minimum Gasteiger partial charge on any atom is -0.347 e. The molecular weight excluding hydrogens is 270 g/mol. The van der Waals surface area contributed by atoms with Crippen LogP contribution in [0.1, 0.15) is 55.4 Å². The second kappa shape index (κ2) is 7.04. The molecule has 1 rings (SSSR count). The van der Waals surface area contributed by atoms with E-state index in [2.05, 4.69) is 28.8 Å². The first kappa shape index (κ1) is 15.4. The Morgan fingerprint density at radius 3 is 2.56 bits per heavy atom. The van der Waals surface area contributed by atoms with E-state index in [1.807, 2.05) is 13.8 Å². The van der Waals surface area contributed by atoms with Gasteiger partial charge in [-0.25, -0.2) is 0 Å². The van der Waals surface area contributed by atoms with Crippen LogP contribution in [0.5, 0.6) is 0 Å². The summed E-state index contributed by atoms with van der Waals surface area (Å²) < 4.78 is 3.86. The highest BCUT2D eigenvalue weighted by Gasteiger charge is 2.21. The lowest BCUT2D eigenvalue weighted by Crippen LogP contribution is -2.37. The van der Waals surface area contributed by atoms with Gasteiger partial charge in [-0.1, -0.05) is 32.2 Å². The fourth-order valence-corrected chi connectivity index (χ4v) is 2.64. The lowest BCUT2D eigenvalue weighted by molar-refractivity contribution is 0.0939. The van der Waals surface area contributed by atoms with Gasteiger partial charge in [-0.3, -0.25) is 4.79 Å². The number of carbonyl (C=O) groups excluding carboxylic acids is 1. The predicted octanol–water partition coefficient (Wildman–Crippen LogP) is 3.04. The van der Waals surface area contributed by atoms with Crippen LogP contribution < -0.4 is 5.32 Å².